The number of nitrogen functional groups attached to an aromatic ring is 1. The monoisotopic (exact) mass is 258 g/mol. The molecule has 7 heteroatoms. The molecule has 0 unspecified atom stereocenters. The van der Waals surface area contributed by atoms with Crippen molar-refractivity contribution in [3.8, 4) is 0 Å². The zero-order chi connectivity index (χ0) is 12.3. The number of nitrogens with two attached hydrogens (primary N) is 1. The maximum absolute atomic E-state index is 11.8. The molecule has 0 bridgehead atoms. The van der Waals surface area contributed by atoms with Crippen molar-refractivity contribution in [3.05, 3.63) is 6.20 Å². The van der Waals surface area contributed by atoms with E-state index in [9.17, 15) is 8.42 Å². The number of hydrogen-bond acceptors (Lipinski definition) is 4. The highest BCUT2D eigenvalue weighted by molar-refractivity contribution is 7.89. The van der Waals surface area contributed by atoms with Gasteiger partial charge in [-0.05, 0) is 12.3 Å². The number of H-pyrrole nitrogens is 1. The number of sulfonamides is 1. The number of nitrogens with one attached hydrogen (secondary N) is 2. The van der Waals surface area contributed by atoms with Crippen LogP contribution in [0.3, 0.4) is 0 Å². The second-order valence-electron chi connectivity index (χ2n) is 4.48. The zero-order valence-electron chi connectivity index (χ0n) is 9.65. The van der Waals surface area contributed by atoms with Gasteiger partial charge in [0.05, 0.1) is 6.20 Å². The number of aromatic amines is 1. The van der Waals surface area contributed by atoms with E-state index in [0.717, 1.165) is 6.42 Å². The summed E-state index contributed by atoms with van der Waals surface area (Å²) in [4.78, 5) is 0.0314. The van der Waals surface area contributed by atoms with Gasteiger partial charge in [-0.15, -0.1) is 0 Å². The summed E-state index contributed by atoms with van der Waals surface area (Å²) in [5, 5.41) is 6.02. The van der Waals surface area contributed by atoms with E-state index in [4.69, 9.17) is 5.73 Å². The maximum atomic E-state index is 11.8. The lowest BCUT2D eigenvalue weighted by Crippen LogP contribution is -2.26. The fourth-order valence-corrected chi connectivity index (χ4v) is 3.34. The van der Waals surface area contributed by atoms with Crippen molar-refractivity contribution in [3.63, 3.8) is 0 Å². The Morgan fingerprint density at radius 2 is 2.18 bits per heavy atom. The minimum Gasteiger partial charge on any atom is -0.383 e. The summed E-state index contributed by atoms with van der Waals surface area (Å²) in [5.41, 5.74) is 5.48. The molecule has 0 saturated heterocycles. The molecule has 1 aromatic heterocycles. The van der Waals surface area contributed by atoms with Crippen molar-refractivity contribution in [2.24, 2.45) is 5.92 Å². The van der Waals surface area contributed by atoms with Gasteiger partial charge in [-0.25, -0.2) is 13.1 Å². The molecule has 1 aromatic rings. The van der Waals surface area contributed by atoms with Gasteiger partial charge in [0.15, 0.2) is 0 Å². The van der Waals surface area contributed by atoms with E-state index in [0.29, 0.717) is 12.5 Å². The van der Waals surface area contributed by atoms with E-state index < -0.39 is 10.0 Å². The zero-order valence-corrected chi connectivity index (χ0v) is 10.5. The first kappa shape index (κ1) is 12.4. The fourth-order valence-electron chi connectivity index (χ4n) is 2.27. The molecule has 0 spiro atoms. The highest BCUT2D eigenvalue weighted by Crippen LogP contribution is 2.27. The molecule has 6 nitrogen and oxygen atoms in total. The molecule has 2 rings (SSSR count). The van der Waals surface area contributed by atoms with Crippen molar-refractivity contribution >= 4 is 15.8 Å². The van der Waals surface area contributed by atoms with Crippen molar-refractivity contribution < 1.29 is 8.42 Å². The Balaban J connectivity index is 1.87. The van der Waals surface area contributed by atoms with Crippen LogP contribution in [0.5, 0.6) is 0 Å². The molecule has 4 N–H and O–H groups in total. The molecule has 0 atom stereocenters. The number of hydrogen-bond donors (Lipinski definition) is 3. The Morgan fingerprint density at radius 3 is 2.76 bits per heavy atom. The fraction of sp³-hybridized carbons (Fsp3) is 0.700. The van der Waals surface area contributed by atoms with Crippen LogP contribution in [0.2, 0.25) is 0 Å². The molecule has 0 amide bonds. The van der Waals surface area contributed by atoms with Crippen molar-refractivity contribution in [1.29, 1.82) is 0 Å². The van der Waals surface area contributed by atoms with Crippen molar-refractivity contribution in [2.45, 2.75) is 37.0 Å². The summed E-state index contributed by atoms with van der Waals surface area (Å²) in [7, 11) is -3.51. The lowest BCUT2D eigenvalue weighted by Gasteiger charge is -2.09. The van der Waals surface area contributed by atoms with Gasteiger partial charge in [0, 0.05) is 6.54 Å². The number of nitrogens with zero attached hydrogens (tertiary/aromatic N) is 1. The van der Waals surface area contributed by atoms with Gasteiger partial charge < -0.3 is 5.73 Å². The molecule has 17 heavy (non-hydrogen) atoms. The van der Waals surface area contributed by atoms with Crippen molar-refractivity contribution in [1.82, 2.24) is 14.9 Å². The van der Waals surface area contributed by atoms with E-state index in [-0.39, 0.29) is 10.7 Å². The van der Waals surface area contributed by atoms with Crippen LogP contribution in [-0.4, -0.2) is 25.2 Å². The second kappa shape index (κ2) is 5.05. The van der Waals surface area contributed by atoms with Crippen LogP contribution in [0.1, 0.15) is 32.1 Å². The van der Waals surface area contributed by atoms with Gasteiger partial charge in [-0.1, -0.05) is 25.7 Å². The van der Waals surface area contributed by atoms with Gasteiger partial charge in [-0.3, -0.25) is 5.10 Å². The molecular weight excluding hydrogens is 240 g/mol. The largest absolute Gasteiger partial charge is 0.383 e. The van der Waals surface area contributed by atoms with Gasteiger partial charge in [0.2, 0.25) is 10.0 Å². The molecule has 0 radical (unpaired) electrons. The first-order valence-electron chi connectivity index (χ1n) is 5.88. The second-order valence-corrected chi connectivity index (χ2v) is 6.22. The van der Waals surface area contributed by atoms with Crippen LogP contribution < -0.4 is 10.5 Å². The molecule has 96 valence electrons. The molecule has 1 fully saturated rings. The number of aromatic nitrogens is 2. The highest BCUT2D eigenvalue weighted by Gasteiger charge is 2.20. The Labute approximate surface area is 101 Å². The maximum Gasteiger partial charge on any atom is 0.245 e. The molecular formula is C10H18N4O2S. The van der Waals surface area contributed by atoms with Crippen LogP contribution >= 0.6 is 0 Å². The van der Waals surface area contributed by atoms with Crippen LogP contribution in [0.4, 0.5) is 5.82 Å². The lowest BCUT2D eigenvalue weighted by atomic mass is 10.1. The van der Waals surface area contributed by atoms with Gasteiger partial charge in [0.1, 0.15) is 10.7 Å². The predicted molar refractivity (Wildman–Crippen MR) is 64.8 cm³/mol. The molecule has 1 aliphatic carbocycles. The summed E-state index contributed by atoms with van der Waals surface area (Å²) in [6.45, 7) is 0.470. The SMILES string of the molecule is Nc1[nH]ncc1S(=O)(=O)NCCC1CCCC1. The van der Waals surface area contributed by atoms with Crippen molar-refractivity contribution in [2.75, 3.05) is 12.3 Å². The normalized spacial score (nSPS) is 17.6. The third-order valence-corrected chi connectivity index (χ3v) is 4.73. The summed E-state index contributed by atoms with van der Waals surface area (Å²) in [6, 6.07) is 0. The molecule has 0 aliphatic heterocycles. The Bertz CT molecular complexity index is 462. The van der Waals surface area contributed by atoms with Gasteiger partial charge >= 0.3 is 0 Å². The van der Waals surface area contributed by atoms with Gasteiger partial charge in [0.25, 0.3) is 0 Å². The minimum absolute atomic E-state index is 0.0314. The number of rotatable bonds is 5. The molecule has 1 saturated carbocycles. The molecule has 1 aliphatic rings. The van der Waals surface area contributed by atoms with E-state index in [1.54, 1.807) is 0 Å². The third-order valence-electron chi connectivity index (χ3n) is 3.24. The van der Waals surface area contributed by atoms with Crippen LogP contribution in [0, 0.1) is 5.92 Å². The Morgan fingerprint density at radius 1 is 1.47 bits per heavy atom. The lowest BCUT2D eigenvalue weighted by molar-refractivity contribution is 0.496. The van der Waals surface area contributed by atoms with Crippen LogP contribution in [0.25, 0.3) is 0 Å². The Hall–Kier alpha value is -1.08. The minimum atomic E-state index is -3.51. The van der Waals surface area contributed by atoms with E-state index in [1.807, 2.05) is 0 Å². The highest BCUT2D eigenvalue weighted by atomic mass is 32.2. The standard InChI is InChI=1S/C10H18N4O2S/c11-10-9(7-12-14-10)17(15,16)13-6-5-8-3-1-2-4-8/h7-8,13H,1-6H2,(H3,11,12,14). The summed E-state index contributed by atoms with van der Waals surface area (Å²) >= 11 is 0. The summed E-state index contributed by atoms with van der Waals surface area (Å²) < 4.78 is 26.2. The number of anilines is 1. The van der Waals surface area contributed by atoms with Crippen LogP contribution in [0.15, 0.2) is 11.1 Å². The summed E-state index contributed by atoms with van der Waals surface area (Å²) in [6.07, 6.45) is 7.10. The molecule has 0 aromatic carbocycles. The molecule has 1 heterocycles. The van der Waals surface area contributed by atoms with Gasteiger partial charge in [-0.2, -0.15) is 5.10 Å². The third kappa shape index (κ3) is 2.98. The van der Waals surface area contributed by atoms with E-state index >= 15 is 0 Å². The average Bonchev–Trinajstić information content (AvgIpc) is 2.88. The first-order valence-corrected chi connectivity index (χ1v) is 7.36. The van der Waals surface area contributed by atoms with E-state index in [1.165, 1.54) is 31.9 Å². The first-order chi connectivity index (χ1) is 8.09. The van der Waals surface area contributed by atoms with E-state index in [2.05, 4.69) is 14.9 Å². The summed E-state index contributed by atoms with van der Waals surface area (Å²) in [5.74, 6) is 0.748. The average molecular weight is 258 g/mol. The van der Waals surface area contributed by atoms with Crippen LogP contribution in [-0.2, 0) is 10.0 Å². The smallest absolute Gasteiger partial charge is 0.245 e. The quantitative estimate of drug-likeness (QED) is 0.728. The predicted octanol–water partition coefficient (Wildman–Crippen LogP) is 0.850. The topological polar surface area (TPSA) is 101 Å². The Kier molecular flexibility index (Phi) is 3.68.